The number of nitrogens with one attached hydrogen (secondary N) is 1. The van der Waals surface area contributed by atoms with E-state index in [9.17, 15) is 9.59 Å². The van der Waals surface area contributed by atoms with Crippen LogP contribution in [0.5, 0.6) is 0 Å². The van der Waals surface area contributed by atoms with Gasteiger partial charge in [0.05, 0.1) is 17.1 Å². The first kappa shape index (κ1) is 20.8. The minimum atomic E-state index is -0.571. The van der Waals surface area contributed by atoms with E-state index in [4.69, 9.17) is 4.74 Å². The van der Waals surface area contributed by atoms with Gasteiger partial charge in [0.25, 0.3) is 5.91 Å². The lowest BCUT2D eigenvalue weighted by atomic mass is 10.1. The minimum Gasteiger partial charge on any atom is -0.452 e. The molecule has 0 atom stereocenters. The van der Waals surface area contributed by atoms with Crippen molar-refractivity contribution in [3.05, 3.63) is 47.8 Å². The number of carbonyl (C=O) groups excluding carboxylic acids is 2. The van der Waals surface area contributed by atoms with E-state index in [1.165, 1.54) is 12.8 Å². The predicted octanol–water partition coefficient (Wildman–Crippen LogP) is 3.72. The highest BCUT2D eigenvalue weighted by atomic mass is 16.5. The van der Waals surface area contributed by atoms with E-state index in [0.717, 1.165) is 18.8 Å². The SMILES string of the molecule is Cc1cc(C(=O)OCC(=O)Nc2ccc(N3CCCC3)cc2)c2cnn(C(C)C)c2n1. The average molecular weight is 422 g/mol. The van der Waals surface area contributed by atoms with Crippen molar-refractivity contribution in [1.82, 2.24) is 14.8 Å². The summed E-state index contributed by atoms with van der Waals surface area (Å²) in [5.74, 6) is -0.958. The molecule has 0 unspecified atom stereocenters. The number of hydrogen-bond acceptors (Lipinski definition) is 6. The molecule has 8 nitrogen and oxygen atoms in total. The molecule has 1 amide bonds. The van der Waals surface area contributed by atoms with E-state index in [-0.39, 0.29) is 18.6 Å². The van der Waals surface area contributed by atoms with E-state index in [0.29, 0.717) is 28.0 Å². The zero-order chi connectivity index (χ0) is 22.0. The molecule has 1 N–H and O–H groups in total. The van der Waals surface area contributed by atoms with Crippen LogP contribution in [-0.4, -0.2) is 46.3 Å². The lowest BCUT2D eigenvalue weighted by molar-refractivity contribution is -0.119. The predicted molar refractivity (Wildman–Crippen MR) is 119 cm³/mol. The Kier molecular flexibility index (Phi) is 5.88. The number of carbonyl (C=O) groups is 2. The second kappa shape index (κ2) is 8.75. The highest BCUT2D eigenvalue weighted by molar-refractivity contribution is 6.03. The van der Waals surface area contributed by atoms with Crippen molar-refractivity contribution in [2.45, 2.75) is 39.7 Å². The van der Waals surface area contributed by atoms with Gasteiger partial charge in [0.15, 0.2) is 12.3 Å². The van der Waals surface area contributed by atoms with Crippen LogP contribution in [0.2, 0.25) is 0 Å². The van der Waals surface area contributed by atoms with Gasteiger partial charge in [-0.05, 0) is 63.9 Å². The Morgan fingerprint density at radius 2 is 1.87 bits per heavy atom. The molecule has 162 valence electrons. The Labute approximate surface area is 181 Å². The largest absolute Gasteiger partial charge is 0.452 e. The second-order valence-electron chi connectivity index (χ2n) is 8.10. The number of anilines is 2. The fraction of sp³-hybridized carbons (Fsp3) is 0.391. The van der Waals surface area contributed by atoms with Gasteiger partial charge >= 0.3 is 5.97 Å². The summed E-state index contributed by atoms with van der Waals surface area (Å²) in [6.07, 6.45) is 4.04. The Balaban J connectivity index is 1.39. The number of ether oxygens (including phenoxy) is 1. The van der Waals surface area contributed by atoms with Crippen LogP contribution >= 0.6 is 0 Å². The van der Waals surface area contributed by atoms with Crippen molar-refractivity contribution < 1.29 is 14.3 Å². The maximum Gasteiger partial charge on any atom is 0.339 e. The van der Waals surface area contributed by atoms with Crippen LogP contribution in [0.4, 0.5) is 11.4 Å². The first-order chi connectivity index (χ1) is 14.9. The van der Waals surface area contributed by atoms with Gasteiger partial charge in [-0.2, -0.15) is 5.10 Å². The lowest BCUT2D eigenvalue weighted by Crippen LogP contribution is -2.21. The number of pyridine rings is 1. The van der Waals surface area contributed by atoms with E-state index in [1.807, 2.05) is 45.0 Å². The average Bonchev–Trinajstić information content (AvgIpc) is 3.42. The molecular weight excluding hydrogens is 394 g/mol. The maximum absolute atomic E-state index is 12.7. The number of benzene rings is 1. The van der Waals surface area contributed by atoms with Crippen LogP contribution in [0.25, 0.3) is 11.0 Å². The summed E-state index contributed by atoms with van der Waals surface area (Å²) in [4.78, 5) is 31.8. The van der Waals surface area contributed by atoms with Crippen LogP contribution in [0.3, 0.4) is 0 Å². The normalized spacial score (nSPS) is 13.7. The van der Waals surface area contributed by atoms with E-state index >= 15 is 0 Å². The molecule has 8 heteroatoms. The number of aromatic nitrogens is 3. The van der Waals surface area contributed by atoms with E-state index in [1.54, 1.807) is 16.9 Å². The van der Waals surface area contributed by atoms with Crippen molar-refractivity contribution in [3.8, 4) is 0 Å². The van der Waals surface area contributed by atoms with Gasteiger partial charge < -0.3 is 15.0 Å². The molecule has 1 aromatic carbocycles. The first-order valence-electron chi connectivity index (χ1n) is 10.6. The van der Waals surface area contributed by atoms with Gasteiger partial charge in [-0.15, -0.1) is 0 Å². The first-order valence-corrected chi connectivity index (χ1v) is 10.6. The summed E-state index contributed by atoms with van der Waals surface area (Å²) in [6.45, 7) is 7.58. The number of hydrogen-bond donors (Lipinski definition) is 1. The Morgan fingerprint density at radius 3 is 2.55 bits per heavy atom. The Hall–Kier alpha value is -3.42. The summed E-state index contributed by atoms with van der Waals surface area (Å²) in [6, 6.07) is 9.49. The molecule has 0 spiro atoms. The van der Waals surface area contributed by atoms with Crippen LogP contribution in [0.1, 0.15) is 48.8 Å². The number of aryl methyl sites for hydroxylation is 1. The summed E-state index contributed by atoms with van der Waals surface area (Å²) in [5.41, 5.74) is 3.50. The Bertz CT molecular complexity index is 1100. The molecule has 3 heterocycles. The zero-order valence-corrected chi connectivity index (χ0v) is 18.1. The fourth-order valence-corrected chi connectivity index (χ4v) is 3.83. The third-order valence-corrected chi connectivity index (χ3v) is 5.36. The van der Waals surface area contributed by atoms with E-state index < -0.39 is 5.97 Å². The molecule has 4 rings (SSSR count). The smallest absolute Gasteiger partial charge is 0.339 e. The van der Waals surface area contributed by atoms with Crippen molar-refractivity contribution in [1.29, 1.82) is 0 Å². The van der Waals surface area contributed by atoms with Crippen molar-refractivity contribution in [2.75, 3.05) is 29.9 Å². The summed E-state index contributed by atoms with van der Waals surface area (Å²) < 4.78 is 7.04. The second-order valence-corrected chi connectivity index (χ2v) is 8.10. The fourth-order valence-electron chi connectivity index (χ4n) is 3.83. The zero-order valence-electron chi connectivity index (χ0n) is 18.1. The highest BCUT2D eigenvalue weighted by Crippen LogP contribution is 2.23. The molecule has 2 aromatic heterocycles. The number of rotatable bonds is 6. The molecule has 1 saturated heterocycles. The molecular formula is C23H27N5O3. The summed E-state index contributed by atoms with van der Waals surface area (Å²) in [5, 5.41) is 7.71. The van der Waals surface area contributed by atoms with Gasteiger partial charge in [0, 0.05) is 36.2 Å². The maximum atomic E-state index is 12.7. The molecule has 1 fully saturated rings. The van der Waals surface area contributed by atoms with Crippen molar-refractivity contribution in [2.24, 2.45) is 0 Å². The quantitative estimate of drug-likeness (QED) is 0.610. The lowest BCUT2D eigenvalue weighted by Gasteiger charge is -2.17. The Morgan fingerprint density at radius 1 is 1.16 bits per heavy atom. The number of esters is 1. The third-order valence-electron chi connectivity index (χ3n) is 5.36. The van der Waals surface area contributed by atoms with Crippen LogP contribution in [-0.2, 0) is 9.53 Å². The standard InChI is InChI=1S/C23H27N5O3/c1-15(2)28-22-20(13-24-28)19(12-16(3)25-22)23(30)31-14-21(29)26-17-6-8-18(9-7-17)27-10-4-5-11-27/h6-9,12-13,15H,4-5,10-11,14H2,1-3H3,(H,26,29). The summed E-state index contributed by atoms with van der Waals surface area (Å²) >= 11 is 0. The van der Waals surface area contributed by atoms with Crippen LogP contribution < -0.4 is 10.2 Å². The van der Waals surface area contributed by atoms with Crippen LogP contribution in [0, 0.1) is 6.92 Å². The molecule has 1 aliphatic heterocycles. The van der Waals surface area contributed by atoms with Gasteiger partial charge in [-0.3, -0.25) is 4.79 Å². The summed E-state index contributed by atoms with van der Waals surface area (Å²) in [7, 11) is 0. The third kappa shape index (κ3) is 4.52. The highest BCUT2D eigenvalue weighted by Gasteiger charge is 2.19. The molecule has 0 bridgehead atoms. The molecule has 3 aromatic rings. The minimum absolute atomic E-state index is 0.110. The topological polar surface area (TPSA) is 89.4 Å². The number of nitrogens with zero attached hydrogens (tertiary/aromatic N) is 4. The van der Waals surface area contributed by atoms with E-state index in [2.05, 4.69) is 20.3 Å². The number of fused-ring (bicyclic) bond motifs is 1. The van der Waals surface area contributed by atoms with Gasteiger partial charge in [0.1, 0.15) is 0 Å². The van der Waals surface area contributed by atoms with Crippen molar-refractivity contribution in [3.63, 3.8) is 0 Å². The van der Waals surface area contributed by atoms with Gasteiger partial charge in [-0.1, -0.05) is 0 Å². The van der Waals surface area contributed by atoms with Gasteiger partial charge in [0.2, 0.25) is 0 Å². The molecule has 0 radical (unpaired) electrons. The molecule has 31 heavy (non-hydrogen) atoms. The molecule has 0 aliphatic carbocycles. The number of amides is 1. The monoisotopic (exact) mass is 421 g/mol. The van der Waals surface area contributed by atoms with Crippen LogP contribution in [0.15, 0.2) is 36.5 Å². The van der Waals surface area contributed by atoms with Gasteiger partial charge in [-0.25, -0.2) is 14.5 Å². The molecule has 1 aliphatic rings. The molecule has 0 saturated carbocycles. The van der Waals surface area contributed by atoms with Crippen molar-refractivity contribution >= 4 is 34.3 Å².